The molecule has 5 aliphatic carbocycles. The van der Waals surface area contributed by atoms with E-state index in [0.717, 1.165) is 48.1 Å². The van der Waals surface area contributed by atoms with Gasteiger partial charge in [0.05, 0.1) is 12.4 Å². The van der Waals surface area contributed by atoms with E-state index >= 15 is 0 Å². The number of alkyl halides is 3. The van der Waals surface area contributed by atoms with Crippen LogP contribution in [0.25, 0.3) is 0 Å². The number of hydrogen-bond acceptors (Lipinski definition) is 5. The van der Waals surface area contributed by atoms with Gasteiger partial charge in [-0.25, -0.2) is 0 Å². The molecule has 1 aromatic rings. The first kappa shape index (κ1) is 24.8. The van der Waals surface area contributed by atoms with Gasteiger partial charge in [-0.15, -0.1) is 0 Å². The van der Waals surface area contributed by atoms with Gasteiger partial charge in [0.25, 0.3) is 0 Å². The smallest absolute Gasteiger partial charge is 0.498 e. The fourth-order valence-corrected chi connectivity index (χ4v) is 8.28. The molecule has 37 heavy (non-hydrogen) atoms. The number of carbonyl (C=O) groups excluding carboxylic acids is 1. The molecule has 198 valence electrons. The SMILES string of the molecule is CCOC1=CC2=CCC3=C4C(C[C@]5(C)C(=O)CC[C@@H]35)c3ccc(OS(=O)(=O)C(F)(F)F)cc3C[C@]24CC1. The van der Waals surface area contributed by atoms with Crippen LogP contribution in [0.2, 0.25) is 0 Å². The van der Waals surface area contributed by atoms with Crippen LogP contribution in [0.5, 0.6) is 5.75 Å². The Morgan fingerprint density at radius 3 is 2.70 bits per heavy atom. The zero-order chi connectivity index (χ0) is 26.4. The van der Waals surface area contributed by atoms with Crippen molar-refractivity contribution in [2.75, 3.05) is 6.61 Å². The summed E-state index contributed by atoms with van der Waals surface area (Å²) in [6, 6.07) is 4.45. The molecular formula is C28H29F3O5S. The Bertz CT molecular complexity index is 1400. The first-order chi connectivity index (χ1) is 17.4. The summed E-state index contributed by atoms with van der Waals surface area (Å²) >= 11 is 0. The van der Waals surface area contributed by atoms with Crippen molar-refractivity contribution in [1.82, 2.24) is 0 Å². The van der Waals surface area contributed by atoms with E-state index in [9.17, 15) is 26.4 Å². The molecular weight excluding hydrogens is 505 g/mol. The molecule has 0 N–H and O–H groups in total. The summed E-state index contributed by atoms with van der Waals surface area (Å²) in [4.78, 5) is 13.1. The van der Waals surface area contributed by atoms with Crippen LogP contribution < -0.4 is 4.18 Å². The van der Waals surface area contributed by atoms with Gasteiger partial charge in [0, 0.05) is 29.6 Å². The quantitative estimate of drug-likeness (QED) is 0.259. The molecule has 0 saturated heterocycles. The van der Waals surface area contributed by atoms with Crippen LogP contribution in [0.3, 0.4) is 0 Å². The van der Waals surface area contributed by atoms with Crippen molar-refractivity contribution in [3.63, 3.8) is 0 Å². The number of rotatable bonds is 4. The summed E-state index contributed by atoms with van der Waals surface area (Å²) in [5.74, 6) is 1.01. The maximum absolute atomic E-state index is 13.1. The first-order valence-corrected chi connectivity index (χ1v) is 14.2. The van der Waals surface area contributed by atoms with Crippen molar-refractivity contribution in [2.45, 2.75) is 70.2 Å². The third kappa shape index (κ3) is 3.48. The topological polar surface area (TPSA) is 69.7 Å². The van der Waals surface area contributed by atoms with Gasteiger partial charge >= 0.3 is 15.6 Å². The van der Waals surface area contributed by atoms with Crippen LogP contribution in [0.15, 0.2) is 52.8 Å². The van der Waals surface area contributed by atoms with Gasteiger partial charge in [0.2, 0.25) is 0 Å². The highest BCUT2D eigenvalue weighted by Gasteiger charge is 2.59. The summed E-state index contributed by atoms with van der Waals surface area (Å²) in [6.07, 6.45) is 9.29. The molecule has 5 nitrogen and oxygen atoms in total. The molecule has 0 aromatic heterocycles. The number of hydrogen-bond donors (Lipinski definition) is 0. The molecule has 0 bridgehead atoms. The van der Waals surface area contributed by atoms with Crippen LogP contribution in [0.4, 0.5) is 13.2 Å². The average molecular weight is 535 g/mol. The molecule has 1 fully saturated rings. The molecule has 0 radical (unpaired) electrons. The van der Waals surface area contributed by atoms with E-state index in [-0.39, 0.29) is 28.8 Å². The lowest BCUT2D eigenvalue weighted by molar-refractivity contribution is -0.126. The van der Waals surface area contributed by atoms with Crippen LogP contribution in [0, 0.1) is 16.7 Å². The maximum Gasteiger partial charge on any atom is 0.534 e. The van der Waals surface area contributed by atoms with Crippen molar-refractivity contribution in [3.8, 4) is 5.75 Å². The van der Waals surface area contributed by atoms with E-state index in [2.05, 4.69) is 23.3 Å². The molecule has 1 spiro atoms. The van der Waals surface area contributed by atoms with E-state index < -0.39 is 21.0 Å². The predicted octanol–water partition coefficient (Wildman–Crippen LogP) is 6.27. The number of halogens is 3. The van der Waals surface area contributed by atoms with E-state index in [0.29, 0.717) is 25.9 Å². The number of fused-ring (bicyclic) bond motifs is 4. The lowest BCUT2D eigenvalue weighted by atomic mass is 9.47. The summed E-state index contributed by atoms with van der Waals surface area (Å²) in [7, 11) is -5.78. The normalized spacial score (nSPS) is 32.5. The molecule has 6 rings (SSSR count). The van der Waals surface area contributed by atoms with E-state index in [1.807, 2.05) is 6.92 Å². The number of benzene rings is 1. The minimum absolute atomic E-state index is 0.0546. The highest BCUT2D eigenvalue weighted by Crippen LogP contribution is 2.67. The van der Waals surface area contributed by atoms with Gasteiger partial charge in [-0.3, -0.25) is 4.79 Å². The fraction of sp³-hybridized carbons (Fsp3) is 0.536. The molecule has 1 unspecified atom stereocenters. The molecule has 0 amide bonds. The Morgan fingerprint density at radius 1 is 1.19 bits per heavy atom. The van der Waals surface area contributed by atoms with Crippen LogP contribution in [-0.2, 0) is 26.1 Å². The third-order valence-corrected chi connectivity index (χ3v) is 10.3. The fourth-order valence-electron chi connectivity index (χ4n) is 7.82. The monoisotopic (exact) mass is 534 g/mol. The number of ether oxygens (including phenoxy) is 1. The van der Waals surface area contributed by atoms with Gasteiger partial charge in [-0.2, -0.15) is 21.6 Å². The Morgan fingerprint density at radius 2 is 1.97 bits per heavy atom. The van der Waals surface area contributed by atoms with Crippen LogP contribution in [0.1, 0.15) is 69.4 Å². The van der Waals surface area contributed by atoms with Crippen molar-refractivity contribution in [2.24, 2.45) is 16.7 Å². The van der Waals surface area contributed by atoms with Crippen molar-refractivity contribution >= 4 is 15.9 Å². The van der Waals surface area contributed by atoms with Gasteiger partial charge < -0.3 is 8.92 Å². The third-order valence-electron chi connectivity index (χ3n) is 9.34. The van der Waals surface area contributed by atoms with Crippen LogP contribution >= 0.6 is 0 Å². The predicted molar refractivity (Wildman–Crippen MR) is 130 cm³/mol. The standard InChI is InChI=1S/C28H29F3O5S/c1-3-35-18-10-11-27-14-16-12-19(36-37(33,34)28(29,30)31)5-7-20(16)22-15-26(2)23(8-9-24(26)32)21(25(22)27)6-4-17(27)13-18/h4-5,7,12-13,22-23H,3,6,8-11,14-15H2,1-2H3/t22?,23-,26-,27+/m0/s1. The minimum Gasteiger partial charge on any atom is -0.498 e. The summed E-state index contributed by atoms with van der Waals surface area (Å²) < 4.78 is 72.7. The zero-order valence-electron chi connectivity index (χ0n) is 20.8. The molecule has 1 saturated carbocycles. The lowest BCUT2D eigenvalue weighted by Gasteiger charge is -2.56. The maximum atomic E-state index is 13.1. The second-order valence-electron chi connectivity index (χ2n) is 11.1. The number of allylic oxidation sites excluding steroid dienone is 6. The van der Waals surface area contributed by atoms with Crippen LogP contribution in [-0.4, -0.2) is 26.3 Å². The number of carbonyl (C=O) groups is 1. The van der Waals surface area contributed by atoms with E-state index in [1.165, 1.54) is 23.3 Å². The first-order valence-electron chi connectivity index (χ1n) is 12.8. The Labute approximate surface area is 214 Å². The van der Waals surface area contributed by atoms with Gasteiger partial charge in [0.15, 0.2) is 0 Å². The Balaban J connectivity index is 1.51. The zero-order valence-corrected chi connectivity index (χ0v) is 21.6. The highest BCUT2D eigenvalue weighted by atomic mass is 32.2. The largest absolute Gasteiger partial charge is 0.534 e. The molecule has 9 heteroatoms. The van der Waals surface area contributed by atoms with Gasteiger partial charge in [0.1, 0.15) is 11.5 Å². The number of ketones is 1. The highest BCUT2D eigenvalue weighted by molar-refractivity contribution is 7.88. The van der Waals surface area contributed by atoms with Crippen molar-refractivity contribution in [3.05, 3.63) is 64.0 Å². The summed E-state index contributed by atoms with van der Waals surface area (Å²) in [6.45, 7) is 4.59. The Kier molecular flexibility index (Phi) is 5.34. The molecule has 1 aromatic carbocycles. The summed E-state index contributed by atoms with van der Waals surface area (Å²) in [5, 5.41) is 0. The molecule has 0 aliphatic heterocycles. The van der Waals surface area contributed by atoms with E-state index in [4.69, 9.17) is 4.74 Å². The number of Topliss-reactive ketones (excluding diaryl/α,β-unsaturated/α-hetero) is 1. The van der Waals surface area contributed by atoms with Gasteiger partial charge in [-0.1, -0.05) is 30.2 Å². The summed E-state index contributed by atoms with van der Waals surface area (Å²) in [5.41, 5.74) is -0.720. The molecule has 5 aliphatic rings. The Hall–Kier alpha value is -2.55. The second kappa shape index (κ2) is 7.98. The average Bonchev–Trinajstić information content (AvgIpc) is 3.12. The minimum atomic E-state index is -5.78. The van der Waals surface area contributed by atoms with Crippen molar-refractivity contribution in [1.29, 1.82) is 0 Å². The van der Waals surface area contributed by atoms with Gasteiger partial charge in [-0.05, 0) is 79.9 Å². The van der Waals surface area contributed by atoms with Crippen molar-refractivity contribution < 1.29 is 35.3 Å². The van der Waals surface area contributed by atoms with E-state index in [1.54, 1.807) is 6.07 Å². The molecule has 0 heterocycles. The lowest BCUT2D eigenvalue weighted by Crippen LogP contribution is -2.47. The second-order valence-corrected chi connectivity index (χ2v) is 12.7. The molecule has 4 atom stereocenters.